The summed E-state index contributed by atoms with van der Waals surface area (Å²) in [5, 5.41) is 14.2. The minimum atomic E-state index is -0.309. The number of unbranched alkanes of at least 4 members (excludes halogenated alkanes) is 1. The van der Waals surface area contributed by atoms with Gasteiger partial charge in [-0.05, 0) is 32.6 Å². The molecule has 3 N–H and O–H groups in total. The molecule has 1 aliphatic rings. The van der Waals surface area contributed by atoms with Crippen molar-refractivity contribution in [1.82, 2.24) is 15.5 Å². The monoisotopic (exact) mass is 405 g/mol. The fraction of sp³-hybridized carbons (Fsp3) is 0.500. The Balaban J connectivity index is 0.000000543. The molecule has 7 heteroatoms. The lowest BCUT2D eigenvalue weighted by Crippen LogP contribution is -2.26. The summed E-state index contributed by atoms with van der Waals surface area (Å²) in [5.41, 5.74) is 1.62. The summed E-state index contributed by atoms with van der Waals surface area (Å²) >= 11 is 0. The molecule has 0 radical (unpaired) electrons. The van der Waals surface area contributed by atoms with Crippen molar-refractivity contribution in [3.63, 3.8) is 0 Å². The number of allylic oxidation sites excluding steroid dienone is 2. The van der Waals surface area contributed by atoms with Crippen molar-refractivity contribution in [3.8, 4) is 0 Å². The van der Waals surface area contributed by atoms with Crippen molar-refractivity contribution >= 4 is 18.7 Å². The lowest BCUT2D eigenvalue weighted by Gasteiger charge is -2.15. The van der Waals surface area contributed by atoms with E-state index in [9.17, 15) is 19.5 Å². The van der Waals surface area contributed by atoms with E-state index in [1.807, 2.05) is 26.0 Å². The second-order valence-corrected chi connectivity index (χ2v) is 6.48. The normalized spacial score (nSPS) is 15.3. The Morgan fingerprint density at radius 1 is 1.34 bits per heavy atom. The van der Waals surface area contributed by atoms with E-state index in [1.165, 1.54) is 17.8 Å². The van der Waals surface area contributed by atoms with Crippen LogP contribution in [-0.2, 0) is 14.4 Å². The first-order chi connectivity index (χ1) is 14.0. The molecule has 1 atom stereocenters. The minimum Gasteiger partial charge on any atom is -0.389 e. The van der Waals surface area contributed by atoms with Crippen molar-refractivity contribution in [1.29, 1.82) is 0 Å². The first-order valence-electron chi connectivity index (χ1n) is 10.1. The summed E-state index contributed by atoms with van der Waals surface area (Å²) in [4.78, 5) is 33.6. The number of aliphatic hydroxyl groups is 1. The number of amides is 3. The van der Waals surface area contributed by atoms with Gasteiger partial charge in [-0.1, -0.05) is 49.8 Å². The zero-order chi connectivity index (χ0) is 21.9. The lowest BCUT2D eigenvalue weighted by atomic mass is 10.0. The van der Waals surface area contributed by atoms with E-state index in [0.717, 1.165) is 51.6 Å². The molecule has 1 unspecified atom stereocenters. The predicted octanol–water partition coefficient (Wildman–Crippen LogP) is 2.21. The van der Waals surface area contributed by atoms with Crippen LogP contribution in [0.15, 0.2) is 48.2 Å². The third-order valence-electron chi connectivity index (χ3n) is 4.22. The van der Waals surface area contributed by atoms with E-state index in [4.69, 9.17) is 0 Å². The molecule has 0 aromatic carbocycles. The molecule has 29 heavy (non-hydrogen) atoms. The Labute approximate surface area is 174 Å². The average molecular weight is 406 g/mol. The zero-order valence-corrected chi connectivity index (χ0v) is 17.6. The molecule has 0 aromatic rings. The number of carbonyl (C=O) groups excluding carboxylic acids is 3. The number of nitrogens with one attached hydrogen (secondary N) is 2. The highest BCUT2D eigenvalue weighted by molar-refractivity contribution is 5.96. The summed E-state index contributed by atoms with van der Waals surface area (Å²) in [6, 6.07) is 0. The fourth-order valence-electron chi connectivity index (χ4n) is 2.43. The van der Waals surface area contributed by atoms with Crippen LogP contribution in [0.25, 0.3) is 0 Å². The molecule has 3 amide bonds. The van der Waals surface area contributed by atoms with Crippen LogP contribution >= 0.6 is 0 Å². The van der Waals surface area contributed by atoms with Gasteiger partial charge in [0, 0.05) is 25.8 Å². The molecule has 0 aliphatic heterocycles. The molecule has 0 spiro atoms. The number of aliphatic hydroxyl groups excluding tert-OH is 1. The number of rotatable bonds is 13. The molecule has 0 heterocycles. The lowest BCUT2D eigenvalue weighted by molar-refractivity contribution is -0.118. The molecule has 0 aromatic heterocycles. The Morgan fingerprint density at radius 3 is 2.62 bits per heavy atom. The van der Waals surface area contributed by atoms with Crippen LogP contribution in [0.2, 0.25) is 0 Å². The molecular weight excluding hydrogens is 370 g/mol. The van der Waals surface area contributed by atoms with Crippen LogP contribution < -0.4 is 10.6 Å². The quantitative estimate of drug-likeness (QED) is 0.189. The van der Waals surface area contributed by atoms with Crippen LogP contribution in [-0.4, -0.2) is 54.5 Å². The van der Waals surface area contributed by atoms with E-state index < -0.39 is 0 Å². The summed E-state index contributed by atoms with van der Waals surface area (Å²) in [7, 11) is 0. The molecule has 0 saturated heterocycles. The fourth-order valence-corrected chi connectivity index (χ4v) is 2.43. The molecule has 0 fully saturated rings. The van der Waals surface area contributed by atoms with Crippen molar-refractivity contribution in [3.05, 3.63) is 48.2 Å². The van der Waals surface area contributed by atoms with Gasteiger partial charge in [-0.25, -0.2) is 0 Å². The molecule has 1 rings (SSSR count). The third-order valence-corrected chi connectivity index (χ3v) is 4.22. The zero-order valence-electron chi connectivity index (χ0n) is 17.6. The molecule has 162 valence electrons. The molecule has 1 aliphatic carbocycles. The number of hydrogen-bond donors (Lipinski definition) is 3. The highest BCUT2D eigenvalue weighted by atomic mass is 16.3. The average Bonchev–Trinajstić information content (AvgIpc) is 2.74. The molecule has 0 bridgehead atoms. The van der Waals surface area contributed by atoms with Gasteiger partial charge in [0.05, 0.1) is 11.7 Å². The third kappa shape index (κ3) is 13.2. The van der Waals surface area contributed by atoms with Gasteiger partial charge in [0.15, 0.2) is 0 Å². The minimum absolute atomic E-state index is 0.220. The first-order valence-corrected chi connectivity index (χ1v) is 10.1. The Morgan fingerprint density at radius 2 is 2.10 bits per heavy atom. The van der Waals surface area contributed by atoms with E-state index in [0.29, 0.717) is 18.5 Å². The van der Waals surface area contributed by atoms with Crippen LogP contribution in [0.4, 0.5) is 0 Å². The van der Waals surface area contributed by atoms with Crippen LogP contribution in [0.3, 0.4) is 0 Å². The van der Waals surface area contributed by atoms with E-state index >= 15 is 0 Å². The van der Waals surface area contributed by atoms with Crippen LogP contribution in [0.1, 0.15) is 46.0 Å². The topological polar surface area (TPSA) is 98.7 Å². The summed E-state index contributed by atoms with van der Waals surface area (Å²) in [6.07, 6.45) is 14.3. The van der Waals surface area contributed by atoms with Crippen molar-refractivity contribution < 1.29 is 19.5 Å². The van der Waals surface area contributed by atoms with Crippen molar-refractivity contribution in [2.75, 3.05) is 19.6 Å². The second-order valence-electron chi connectivity index (χ2n) is 6.48. The summed E-state index contributed by atoms with van der Waals surface area (Å²) in [5.74, 6) is -0.220. The van der Waals surface area contributed by atoms with Gasteiger partial charge in [0.25, 0.3) is 5.91 Å². The van der Waals surface area contributed by atoms with Gasteiger partial charge in [0.2, 0.25) is 12.8 Å². The highest BCUT2D eigenvalue weighted by Crippen LogP contribution is 2.15. The van der Waals surface area contributed by atoms with E-state index in [2.05, 4.69) is 23.3 Å². The molecule has 0 saturated carbocycles. The Kier molecular flexibility index (Phi) is 15.8. The van der Waals surface area contributed by atoms with E-state index in [-0.39, 0.29) is 12.0 Å². The SMILES string of the molecule is C=C/C(=C\NC=O)C(=O)NCCCC.CCN(C=O)CCCC1=CCC(O)C=C1. The number of nitrogens with zero attached hydrogens (tertiary/aromatic N) is 1. The molecular formula is C22H35N3O4. The van der Waals surface area contributed by atoms with Crippen LogP contribution in [0, 0.1) is 0 Å². The Hall–Kier alpha value is -2.67. The van der Waals surface area contributed by atoms with Gasteiger partial charge in [-0.2, -0.15) is 0 Å². The van der Waals surface area contributed by atoms with Crippen LogP contribution in [0.5, 0.6) is 0 Å². The van der Waals surface area contributed by atoms with Gasteiger partial charge in [-0.15, -0.1) is 0 Å². The van der Waals surface area contributed by atoms with Crippen molar-refractivity contribution in [2.24, 2.45) is 0 Å². The largest absolute Gasteiger partial charge is 0.389 e. The molecule has 7 nitrogen and oxygen atoms in total. The van der Waals surface area contributed by atoms with Gasteiger partial charge in [0.1, 0.15) is 0 Å². The summed E-state index contributed by atoms with van der Waals surface area (Å²) in [6.45, 7) is 9.73. The highest BCUT2D eigenvalue weighted by Gasteiger charge is 2.05. The number of hydrogen-bond acceptors (Lipinski definition) is 4. The summed E-state index contributed by atoms with van der Waals surface area (Å²) < 4.78 is 0. The maximum atomic E-state index is 11.3. The van der Waals surface area contributed by atoms with Gasteiger partial charge >= 0.3 is 0 Å². The van der Waals surface area contributed by atoms with Gasteiger partial charge < -0.3 is 20.6 Å². The number of carbonyl (C=O) groups is 3. The van der Waals surface area contributed by atoms with Crippen molar-refractivity contribution in [2.45, 2.75) is 52.1 Å². The second kappa shape index (κ2) is 17.4. The van der Waals surface area contributed by atoms with E-state index in [1.54, 1.807) is 4.90 Å². The standard InChI is InChI=1S/C12H19NO2.C10H16N2O2/c1-2-13(10-14)9-3-4-11-5-7-12(15)8-6-11;1-3-5-6-12-10(14)9(4-2)7-11-8-13/h5-7,10,12,15H,2-4,8-9H2,1H3;4,7-8H,2-3,5-6H2,1H3,(H,11,13)(H,12,14)/b;9-7+. The maximum Gasteiger partial charge on any atom is 0.252 e. The van der Waals surface area contributed by atoms with Gasteiger partial charge in [-0.3, -0.25) is 14.4 Å². The first kappa shape index (κ1) is 26.3. The maximum absolute atomic E-state index is 11.3. The predicted molar refractivity (Wildman–Crippen MR) is 116 cm³/mol. The Bertz CT molecular complexity index is 597. The smallest absolute Gasteiger partial charge is 0.252 e.